The molecule has 0 unspecified atom stereocenters. The Labute approximate surface area is 92.5 Å². The first-order valence-corrected chi connectivity index (χ1v) is 5.61. The molecule has 0 amide bonds. The van der Waals surface area contributed by atoms with Gasteiger partial charge in [-0.1, -0.05) is 12.1 Å². The van der Waals surface area contributed by atoms with E-state index in [1.165, 1.54) is 0 Å². The van der Waals surface area contributed by atoms with Gasteiger partial charge < -0.3 is 10.5 Å². The molecule has 0 bridgehead atoms. The molecule has 0 saturated heterocycles. The van der Waals surface area contributed by atoms with Gasteiger partial charge in [0.15, 0.2) is 0 Å². The van der Waals surface area contributed by atoms with Crippen LogP contribution in [-0.2, 0) is 0 Å². The lowest BCUT2D eigenvalue weighted by atomic mass is 10.2. The second kappa shape index (κ2) is 4.91. The topological polar surface area (TPSA) is 48.1 Å². The predicted molar refractivity (Wildman–Crippen MR) is 62.1 cm³/mol. The van der Waals surface area contributed by atoms with Crippen molar-refractivity contribution < 1.29 is 4.74 Å². The maximum atomic E-state index is 5.45. The lowest BCUT2D eigenvalue weighted by Gasteiger charge is -2.05. The van der Waals surface area contributed by atoms with Crippen LogP contribution in [0.4, 0.5) is 0 Å². The zero-order chi connectivity index (χ0) is 10.5. The maximum Gasteiger partial charge on any atom is 0.123 e. The third-order valence-corrected chi connectivity index (χ3v) is 2.72. The summed E-state index contributed by atoms with van der Waals surface area (Å²) in [5.74, 6) is 0.841. The van der Waals surface area contributed by atoms with E-state index in [0.717, 1.165) is 16.3 Å². The van der Waals surface area contributed by atoms with Crippen LogP contribution in [-0.4, -0.2) is 18.1 Å². The summed E-state index contributed by atoms with van der Waals surface area (Å²) in [4.78, 5) is 4.25. The normalized spacial score (nSPS) is 10.2. The van der Waals surface area contributed by atoms with Gasteiger partial charge in [-0.05, 0) is 12.1 Å². The van der Waals surface area contributed by atoms with Crippen molar-refractivity contribution in [2.45, 2.75) is 0 Å². The fraction of sp³-hybridized carbons (Fsp3) is 0.182. The highest BCUT2D eigenvalue weighted by Crippen LogP contribution is 2.25. The minimum Gasteiger partial charge on any atom is -0.492 e. The largest absolute Gasteiger partial charge is 0.492 e. The Morgan fingerprint density at radius 3 is 3.07 bits per heavy atom. The molecule has 0 saturated carbocycles. The van der Waals surface area contributed by atoms with Gasteiger partial charge in [-0.15, -0.1) is 11.3 Å². The molecule has 0 aliphatic rings. The lowest BCUT2D eigenvalue weighted by Crippen LogP contribution is -2.10. The van der Waals surface area contributed by atoms with Crippen LogP contribution < -0.4 is 10.5 Å². The van der Waals surface area contributed by atoms with Crippen LogP contribution in [0.15, 0.2) is 35.8 Å². The number of benzene rings is 1. The van der Waals surface area contributed by atoms with Crippen LogP contribution in [0.25, 0.3) is 10.6 Å². The number of ether oxygens (including phenoxy) is 1. The summed E-state index contributed by atoms with van der Waals surface area (Å²) in [6.45, 7) is 1.07. The highest BCUT2D eigenvalue weighted by atomic mass is 32.1. The van der Waals surface area contributed by atoms with Gasteiger partial charge in [-0.2, -0.15) is 0 Å². The van der Waals surface area contributed by atoms with E-state index in [0.29, 0.717) is 13.2 Å². The van der Waals surface area contributed by atoms with Crippen molar-refractivity contribution in [1.82, 2.24) is 4.98 Å². The Bertz CT molecular complexity index is 414. The standard InChI is InChI=1S/C11H12N2OS/c12-4-6-14-10-3-1-2-9(8-10)11-13-5-7-15-11/h1-3,5,7-8H,4,6,12H2. The zero-order valence-corrected chi connectivity index (χ0v) is 9.04. The highest BCUT2D eigenvalue weighted by Gasteiger charge is 2.01. The molecule has 0 spiro atoms. The molecule has 0 fully saturated rings. The number of nitrogens with two attached hydrogens (primary N) is 1. The average Bonchev–Trinajstić information content (AvgIpc) is 2.80. The Hall–Kier alpha value is -1.39. The Morgan fingerprint density at radius 1 is 1.40 bits per heavy atom. The van der Waals surface area contributed by atoms with Gasteiger partial charge in [0.05, 0.1) is 0 Å². The van der Waals surface area contributed by atoms with Crippen molar-refractivity contribution in [3.63, 3.8) is 0 Å². The zero-order valence-electron chi connectivity index (χ0n) is 8.22. The number of nitrogens with zero attached hydrogens (tertiary/aromatic N) is 1. The molecule has 0 radical (unpaired) electrons. The number of rotatable bonds is 4. The van der Waals surface area contributed by atoms with E-state index in [9.17, 15) is 0 Å². The first kappa shape index (κ1) is 10.1. The molecule has 78 valence electrons. The van der Waals surface area contributed by atoms with Gasteiger partial charge in [0.25, 0.3) is 0 Å². The number of hydrogen-bond donors (Lipinski definition) is 1. The minimum atomic E-state index is 0.529. The summed E-state index contributed by atoms with van der Waals surface area (Å²) in [5.41, 5.74) is 6.46. The summed E-state index contributed by atoms with van der Waals surface area (Å²) >= 11 is 1.62. The molecule has 2 rings (SSSR count). The van der Waals surface area contributed by atoms with E-state index in [2.05, 4.69) is 4.98 Å². The smallest absolute Gasteiger partial charge is 0.123 e. The molecule has 3 nitrogen and oxygen atoms in total. The van der Waals surface area contributed by atoms with Crippen molar-refractivity contribution in [2.75, 3.05) is 13.2 Å². The quantitative estimate of drug-likeness (QED) is 0.858. The van der Waals surface area contributed by atoms with Crippen LogP contribution in [0.1, 0.15) is 0 Å². The second-order valence-corrected chi connectivity index (χ2v) is 3.90. The first-order chi connectivity index (χ1) is 7.40. The molecule has 0 aliphatic heterocycles. The molecular weight excluding hydrogens is 208 g/mol. The minimum absolute atomic E-state index is 0.529. The molecule has 1 aromatic heterocycles. The van der Waals surface area contributed by atoms with Crippen molar-refractivity contribution in [2.24, 2.45) is 5.73 Å². The van der Waals surface area contributed by atoms with Gasteiger partial charge >= 0.3 is 0 Å². The number of hydrogen-bond acceptors (Lipinski definition) is 4. The van der Waals surface area contributed by atoms with Crippen molar-refractivity contribution in [1.29, 1.82) is 0 Å². The molecule has 1 heterocycles. The summed E-state index contributed by atoms with van der Waals surface area (Å²) < 4.78 is 5.45. The van der Waals surface area contributed by atoms with E-state index in [1.807, 2.05) is 29.6 Å². The monoisotopic (exact) mass is 220 g/mol. The molecule has 1 aromatic carbocycles. The van der Waals surface area contributed by atoms with Crippen LogP contribution in [0.3, 0.4) is 0 Å². The van der Waals surface area contributed by atoms with Gasteiger partial charge in [0.1, 0.15) is 17.4 Å². The van der Waals surface area contributed by atoms with E-state index < -0.39 is 0 Å². The van der Waals surface area contributed by atoms with E-state index in [1.54, 1.807) is 17.5 Å². The molecule has 0 atom stereocenters. The van der Waals surface area contributed by atoms with Gasteiger partial charge in [0.2, 0.25) is 0 Å². The van der Waals surface area contributed by atoms with Gasteiger partial charge in [-0.3, -0.25) is 0 Å². The molecular formula is C11H12N2OS. The summed E-state index contributed by atoms with van der Waals surface area (Å²) in [6, 6.07) is 7.89. The SMILES string of the molecule is NCCOc1cccc(-c2nccs2)c1. The average molecular weight is 220 g/mol. The van der Waals surface area contributed by atoms with Crippen LogP contribution in [0.5, 0.6) is 5.75 Å². The second-order valence-electron chi connectivity index (χ2n) is 3.00. The van der Waals surface area contributed by atoms with Crippen molar-refractivity contribution in [3.05, 3.63) is 35.8 Å². The number of thiazole rings is 1. The van der Waals surface area contributed by atoms with E-state index in [-0.39, 0.29) is 0 Å². The fourth-order valence-electron chi connectivity index (χ4n) is 1.26. The summed E-state index contributed by atoms with van der Waals surface area (Å²) in [6.07, 6.45) is 1.80. The Kier molecular flexibility index (Phi) is 3.32. The van der Waals surface area contributed by atoms with E-state index in [4.69, 9.17) is 10.5 Å². The Morgan fingerprint density at radius 2 is 2.33 bits per heavy atom. The van der Waals surface area contributed by atoms with Crippen LogP contribution >= 0.6 is 11.3 Å². The fourth-order valence-corrected chi connectivity index (χ4v) is 1.90. The molecule has 4 heteroatoms. The summed E-state index contributed by atoms with van der Waals surface area (Å²) in [5, 5.41) is 2.97. The molecule has 2 N–H and O–H groups in total. The first-order valence-electron chi connectivity index (χ1n) is 4.73. The van der Waals surface area contributed by atoms with Gasteiger partial charge in [-0.25, -0.2) is 4.98 Å². The van der Waals surface area contributed by atoms with Crippen molar-refractivity contribution in [3.8, 4) is 16.3 Å². The third kappa shape index (κ3) is 2.55. The Balaban J connectivity index is 2.19. The predicted octanol–water partition coefficient (Wildman–Crippen LogP) is 2.15. The number of aromatic nitrogens is 1. The molecule has 2 aromatic rings. The van der Waals surface area contributed by atoms with Gasteiger partial charge in [0, 0.05) is 23.7 Å². The third-order valence-electron chi connectivity index (χ3n) is 1.90. The van der Waals surface area contributed by atoms with E-state index >= 15 is 0 Å². The van der Waals surface area contributed by atoms with Crippen LogP contribution in [0, 0.1) is 0 Å². The summed E-state index contributed by atoms with van der Waals surface area (Å²) in [7, 11) is 0. The van der Waals surface area contributed by atoms with Crippen molar-refractivity contribution >= 4 is 11.3 Å². The molecule has 15 heavy (non-hydrogen) atoms. The lowest BCUT2D eigenvalue weighted by molar-refractivity contribution is 0.328. The highest BCUT2D eigenvalue weighted by molar-refractivity contribution is 7.13. The van der Waals surface area contributed by atoms with Crippen LogP contribution in [0.2, 0.25) is 0 Å². The maximum absolute atomic E-state index is 5.45. The molecule has 0 aliphatic carbocycles.